The van der Waals surface area contributed by atoms with Gasteiger partial charge in [-0.25, -0.2) is 0 Å². The van der Waals surface area contributed by atoms with Crippen LogP contribution in [-0.2, 0) is 10.8 Å². The van der Waals surface area contributed by atoms with Gasteiger partial charge >= 0.3 is 0 Å². The number of hydrogen-bond donors (Lipinski definition) is 0. The van der Waals surface area contributed by atoms with Crippen molar-refractivity contribution in [3.63, 3.8) is 0 Å². The molecule has 0 heterocycles. The molecule has 110 valence electrons. The summed E-state index contributed by atoms with van der Waals surface area (Å²) in [6, 6.07) is 10.3. The van der Waals surface area contributed by atoms with Gasteiger partial charge in [0.25, 0.3) is 0 Å². The molecule has 0 saturated heterocycles. The summed E-state index contributed by atoms with van der Waals surface area (Å²) < 4.78 is 12.3. The molecule has 0 N–H and O–H groups in total. The summed E-state index contributed by atoms with van der Waals surface area (Å²) >= 11 is 11.7. The van der Waals surface area contributed by atoms with Crippen molar-refractivity contribution in [2.45, 2.75) is 18.7 Å². The van der Waals surface area contributed by atoms with Gasteiger partial charge in [-0.15, -0.1) is 0 Å². The summed E-state index contributed by atoms with van der Waals surface area (Å²) in [5.74, 6) is -0.209. The summed E-state index contributed by atoms with van der Waals surface area (Å²) in [7, 11) is -1.44. The first kappa shape index (κ1) is 16.2. The fraction of sp³-hybridized carbons (Fsp3) is 0.188. The third kappa shape index (κ3) is 3.94. The lowest BCUT2D eigenvalue weighted by Crippen LogP contribution is -2.12. The number of carbonyl (C=O) groups excluding carboxylic acids is 1. The zero-order valence-corrected chi connectivity index (χ0v) is 14.0. The van der Waals surface area contributed by atoms with E-state index in [9.17, 15) is 9.00 Å². The van der Waals surface area contributed by atoms with Crippen LogP contribution < -0.4 is 0 Å². The topological polar surface area (TPSA) is 34.1 Å². The lowest BCUT2D eigenvalue weighted by Gasteiger charge is -2.07. The van der Waals surface area contributed by atoms with E-state index in [2.05, 4.69) is 0 Å². The monoisotopic (exact) mass is 340 g/mol. The zero-order valence-electron chi connectivity index (χ0n) is 11.7. The Kier molecular flexibility index (Phi) is 5.20. The van der Waals surface area contributed by atoms with E-state index in [1.54, 1.807) is 18.2 Å². The van der Waals surface area contributed by atoms with Gasteiger partial charge in [-0.2, -0.15) is 0 Å². The molecule has 2 aromatic rings. The fourth-order valence-corrected chi connectivity index (χ4v) is 3.42. The Hall–Kier alpha value is -1.16. The molecule has 0 radical (unpaired) electrons. The third-order valence-electron chi connectivity index (χ3n) is 3.10. The lowest BCUT2D eigenvalue weighted by atomic mass is 10.0. The van der Waals surface area contributed by atoms with E-state index in [1.165, 1.54) is 6.07 Å². The number of benzene rings is 2. The maximum Gasteiger partial charge on any atom is 0.175 e. The largest absolute Gasteiger partial charge is 0.293 e. The van der Waals surface area contributed by atoms with E-state index in [0.29, 0.717) is 20.5 Å². The van der Waals surface area contributed by atoms with Crippen molar-refractivity contribution in [3.05, 3.63) is 63.1 Å². The number of halogens is 2. The molecule has 0 amide bonds. The van der Waals surface area contributed by atoms with E-state index in [4.69, 9.17) is 23.2 Å². The second-order valence-corrected chi connectivity index (χ2v) is 7.07. The van der Waals surface area contributed by atoms with Gasteiger partial charge < -0.3 is 0 Å². The van der Waals surface area contributed by atoms with Crippen LogP contribution >= 0.6 is 23.2 Å². The van der Waals surface area contributed by atoms with E-state index in [0.717, 1.165) is 11.1 Å². The quantitative estimate of drug-likeness (QED) is 0.762. The van der Waals surface area contributed by atoms with Gasteiger partial charge in [0.2, 0.25) is 0 Å². The van der Waals surface area contributed by atoms with E-state index in [-0.39, 0.29) is 11.5 Å². The Bertz CT molecular complexity index is 726. The van der Waals surface area contributed by atoms with Crippen molar-refractivity contribution < 1.29 is 9.00 Å². The first-order valence-corrected chi connectivity index (χ1v) is 8.40. The van der Waals surface area contributed by atoms with Crippen molar-refractivity contribution in [2.75, 3.05) is 5.75 Å². The zero-order chi connectivity index (χ0) is 15.6. The van der Waals surface area contributed by atoms with Crippen LogP contribution in [0.15, 0.2) is 41.3 Å². The molecule has 1 atom stereocenters. The highest BCUT2D eigenvalue weighted by molar-refractivity contribution is 7.85. The average molecular weight is 341 g/mol. The molecule has 2 rings (SSSR count). The normalized spacial score (nSPS) is 12.2. The van der Waals surface area contributed by atoms with Crippen LogP contribution in [-0.4, -0.2) is 15.7 Å². The van der Waals surface area contributed by atoms with Gasteiger partial charge in [0.05, 0.1) is 26.6 Å². The third-order valence-corrected chi connectivity index (χ3v) is 5.14. The molecule has 2 nitrogen and oxygen atoms in total. The molecule has 0 aromatic heterocycles. The summed E-state index contributed by atoms with van der Waals surface area (Å²) in [5, 5.41) is 0.736. The van der Waals surface area contributed by atoms with Crippen LogP contribution in [0.25, 0.3) is 0 Å². The second-order valence-electron chi connectivity index (χ2n) is 4.81. The summed E-state index contributed by atoms with van der Waals surface area (Å²) in [5.41, 5.74) is 2.59. The number of Topliss-reactive ketones (excluding diaryl/α,β-unsaturated/α-hetero) is 1. The molecule has 21 heavy (non-hydrogen) atoms. The number of ketones is 1. The molecule has 0 spiro atoms. The van der Waals surface area contributed by atoms with Gasteiger partial charge in [0, 0.05) is 10.5 Å². The highest BCUT2D eigenvalue weighted by Crippen LogP contribution is 2.24. The highest BCUT2D eigenvalue weighted by Gasteiger charge is 2.15. The van der Waals surface area contributed by atoms with Gasteiger partial charge in [-0.05, 0) is 37.6 Å². The summed E-state index contributed by atoms with van der Waals surface area (Å²) in [4.78, 5) is 12.8. The Morgan fingerprint density at radius 1 is 1.05 bits per heavy atom. The molecule has 0 aliphatic heterocycles. The number of rotatable bonds is 4. The van der Waals surface area contributed by atoms with E-state index >= 15 is 0 Å². The minimum Gasteiger partial charge on any atom is -0.293 e. The maximum atomic E-state index is 12.3. The van der Waals surface area contributed by atoms with E-state index < -0.39 is 10.8 Å². The van der Waals surface area contributed by atoms with Crippen LogP contribution in [0.4, 0.5) is 0 Å². The average Bonchev–Trinajstić information content (AvgIpc) is 2.41. The van der Waals surface area contributed by atoms with Gasteiger partial charge in [0.15, 0.2) is 5.78 Å². The fourth-order valence-electron chi connectivity index (χ4n) is 2.03. The van der Waals surface area contributed by atoms with Crippen molar-refractivity contribution in [2.24, 2.45) is 0 Å². The molecule has 0 aliphatic carbocycles. The van der Waals surface area contributed by atoms with E-state index in [1.807, 2.05) is 26.0 Å². The molecular weight excluding hydrogens is 327 g/mol. The molecule has 1 unspecified atom stereocenters. The SMILES string of the molecule is Cc1ccc(C(=O)CS(=O)c2ccc(Cl)c(Cl)c2)c(C)c1. The van der Waals surface area contributed by atoms with Crippen molar-refractivity contribution >= 4 is 39.8 Å². The molecule has 0 saturated carbocycles. The van der Waals surface area contributed by atoms with Gasteiger partial charge in [-0.1, -0.05) is 47.0 Å². The predicted molar refractivity (Wildman–Crippen MR) is 88.0 cm³/mol. The lowest BCUT2D eigenvalue weighted by molar-refractivity contribution is 0.102. The minimum atomic E-state index is -1.44. The molecular formula is C16H14Cl2O2S. The number of carbonyl (C=O) groups is 1. The van der Waals surface area contributed by atoms with Crippen LogP contribution in [0.3, 0.4) is 0 Å². The number of hydrogen-bond acceptors (Lipinski definition) is 2. The maximum absolute atomic E-state index is 12.3. The van der Waals surface area contributed by atoms with Crippen molar-refractivity contribution in [1.29, 1.82) is 0 Å². The summed E-state index contributed by atoms with van der Waals surface area (Å²) in [6.07, 6.45) is 0. The molecule has 5 heteroatoms. The summed E-state index contributed by atoms with van der Waals surface area (Å²) in [6.45, 7) is 3.84. The van der Waals surface area contributed by atoms with Crippen LogP contribution in [0.2, 0.25) is 10.0 Å². The Balaban J connectivity index is 2.18. The van der Waals surface area contributed by atoms with Gasteiger partial charge in [-0.3, -0.25) is 9.00 Å². The molecule has 0 fully saturated rings. The Morgan fingerprint density at radius 3 is 2.38 bits per heavy atom. The molecule has 0 bridgehead atoms. The van der Waals surface area contributed by atoms with Crippen LogP contribution in [0.5, 0.6) is 0 Å². The predicted octanol–water partition coefficient (Wildman–Crippen LogP) is 4.60. The van der Waals surface area contributed by atoms with Crippen LogP contribution in [0.1, 0.15) is 21.5 Å². The highest BCUT2D eigenvalue weighted by atomic mass is 35.5. The van der Waals surface area contributed by atoms with Gasteiger partial charge in [0.1, 0.15) is 0 Å². The standard InChI is InChI=1S/C16H14Cl2O2S/c1-10-3-5-13(11(2)7-10)16(19)9-21(20)12-4-6-14(17)15(18)8-12/h3-8H,9H2,1-2H3. The first-order chi connectivity index (χ1) is 9.88. The minimum absolute atomic E-state index is 0.0676. The van der Waals surface area contributed by atoms with Crippen molar-refractivity contribution in [1.82, 2.24) is 0 Å². The molecule has 2 aromatic carbocycles. The smallest absolute Gasteiger partial charge is 0.175 e. The Labute approximate surface area is 136 Å². The number of aryl methyl sites for hydroxylation is 2. The van der Waals surface area contributed by atoms with Crippen LogP contribution in [0, 0.1) is 13.8 Å². The second kappa shape index (κ2) is 6.73. The molecule has 0 aliphatic rings. The first-order valence-electron chi connectivity index (χ1n) is 6.32. The van der Waals surface area contributed by atoms with Crippen molar-refractivity contribution in [3.8, 4) is 0 Å². The Morgan fingerprint density at radius 2 is 1.76 bits per heavy atom.